The third-order valence-electron chi connectivity index (χ3n) is 3.69. The lowest BCUT2D eigenvalue weighted by atomic mass is 9.98. The number of hydrogen-bond acceptors (Lipinski definition) is 4. The molecule has 3 unspecified atom stereocenters. The number of nitrogens with one attached hydrogen (secondary N) is 1. The molecule has 116 valence electrons. The number of ether oxygens (including phenoxy) is 1. The van der Waals surface area contributed by atoms with Gasteiger partial charge in [-0.3, -0.25) is 9.59 Å². The first-order valence-electron chi connectivity index (χ1n) is 7.32. The average molecular weight is 285 g/mol. The van der Waals surface area contributed by atoms with Gasteiger partial charge in [0.25, 0.3) is 0 Å². The molecule has 6 nitrogen and oxygen atoms in total. The van der Waals surface area contributed by atoms with Crippen LogP contribution in [0, 0.1) is 5.92 Å². The van der Waals surface area contributed by atoms with Crippen molar-refractivity contribution < 1.29 is 14.3 Å². The van der Waals surface area contributed by atoms with Gasteiger partial charge in [0.2, 0.25) is 11.8 Å². The normalized spacial score (nSPS) is 22.5. The van der Waals surface area contributed by atoms with E-state index in [1.165, 1.54) is 0 Å². The Morgan fingerprint density at radius 1 is 1.40 bits per heavy atom. The van der Waals surface area contributed by atoms with Crippen LogP contribution in [-0.4, -0.2) is 54.6 Å². The summed E-state index contributed by atoms with van der Waals surface area (Å²) in [6, 6.07) is -1.11. The zero-order chi connectivity index (χ0) is 15.3. The Morgan fingerprint density at radius 2 is 2.05 bits per heavy atom. The maximum absolute atomic E-state index is 12.5. The van der Waals surface area contributed by atoms with Gasteiger partial charge in [0.05, 0.1) is 19.3 Å². The van der Waals surface area contributed by atoms with Crippen LogP contribution >= 0.6 is 0 Å². The quantitative estimate of drug-likeness (QED) is 0.751. The van der Waals surface area contributed by atoms with Crippen molar-refractivity contribution in [3.05, 3.63) is 0 Å². The molecule has 1 fully saturated rings. The van der Waals surface area contributed by atoms with Crippen molar-refractivity contribution in [3.63, 3.8) is 0 Å². The van der Waals surface area contributed by atoms with E-state index in [1.54, 1.807) is 4.90 Å². The van der Waals surface area contributed by atoms with Gasteiger partial charge in [-0.1, -0.05) is 20.3 Å². The Hall–Kier alpha value is -1.14. The topological polar surface area (TPSA) is 84.7 Å². The third kappa shape index (κ3) is 4.18. The largest absolute Gasteiger partial charge is 0.377 e. The van der Waals surface area contributed by atoms with Crippen LogP contribution in [0.2, 0.25) is 0 Å². The lowest BCUT2D eigenvalue weighted by molar-refractivity contribution is -0.150. The van der Waals surface area contributed by atoms with Crippen molar-refractivity contribution in [1.29, 1.82) is 0 Å². The Morgan fingerprint density at radius 3 is 2.60 bits per heavy atom. The zero-order valence-electron chi connectivity index (χ0n) is 12.9. The van der Waals surface area contributed by atoms with Crippen molar-refractivity contribution in [2.45, 2.75) is 52.2 Å². The van der Waals surface area contributed by atoms with E-state index in [9.17, 15) is 9.59 Å². The van der Waals surface area contributed by atoms with Crippen LogP contribution in [0.5, 0.6) is 0 Å². The Labute approximate surface area is 121 Å². The van der Waals surface area contributed by atoms with Gasteiger partial charge in [-0.2, -0.15) is 0 Å². The summed E-state index contributed by atoms with van der Waals surface area (Å²) in [4.78, 5) is 26.2. The molecule has 1 rings (SSSR count). The van der Waals surface area contributed by atoms with Gasteiger partial charge in [0.1, 0.15) is 6.04 Å². The fraction of sp³-hybridized carbons (Fsp3) is 0.857. The van der Waals surface area contributed by atoms with Crippen LogP contribution in [-0.2, 0) is 14.3 Å². The molecule has 6 heteroatoms. The van der Waals surface area contributed by atoms with Gasteiger partial charge >= 0.3 is 0 Å². The number of hydrogen-bond donors (Lipinski definition) is 2. The standard InChI is InChI=1S/C14H27N3O3/c1-5-10(4)12(15)14(19)17-6-7-20-8-11(17)13(18)16-9(2)3/h9-12H,5-8,15H2,1-4H3,(H,16,18). The van der Waals surface area contributed by atoms with E-state index in [1.807, 2.05) is 27.7 Å². The molecular formula is C14H27N3O3. The number of amides is 2. The molecule has 1 heterocycles. The molecule has 3 N–H and O–H groups in total. The minimum absolute atomic E-state index is 0.0321. The SMILES string of the molecule is CCC(C)C(N)C(=O)N1CCOCC1C(=O)NC(C)C. The number of carbonyl (C=O) groups is 2. The highest BCUT2D eigenvalue weighted by Crippen LogP contribution is 2.14. The van der Waals surface area contributed by atoms with Gasteiger partial charge in [0.15, 0.2) is 0 Å². The van der Waals surface area contributed by atoms with Gasteiger partial charge in [-0.05, 0) is 19.8 Å². The van der Waals surface area contributed by atoms with Crippen molar-refractivity contribution >= 4 is 11.8 Å². The first-order chi connectivity index (χ1) is 9.38. The molecule has 0 aromatic heterocycles. The number of rotatable bonds is 5. The second-order valence-electron chi connectivity index (χ2n) is 5.70. The minimum atomic E-state index is -0.575. The van der Waals surface area contributed by atoms with E-state index in [4.69, 9.17) is 10.5 Å². The lowest BCUT2D eigenvalue weighted by Crippen LogP contribution is -2.60. The van der Waals surface area contributed by atoms with Crippen molar-refractivity contribution in [2.24, 2.45) is 11.7 Å². The lowest BCUT2D eigenvalue weighted by Gasteiger charge is -2.37. The number of morpholine rings is 1. The minimum Gasteiger partial charge on any atom is -0.377 e. The van der Waals surface area contributed by atoms with Gasteiger partial charge in [-0.25, -0.2) is 0 Å². The maximum atomic E-state index is 12.5. The molecule has 0 aromatic carbocycles. The highest BCUT2D eigenvalue weighted by molar-refractivity contribution is 5.90. The predicted octanol–water partition coefficient (Wildman–Crippen LogP) is 0.112. The van der Waals surface area contributed by atoms with Crippen LogP contribution in [0.25, 0.3) is 0 Å². The summed E-state index contributed by atoms with van der Waals surface area (Å²) in [7, 11) is 0. The summed E-state index contributed by atoms with van der Waals surface area (Å²) in [5, 5.41) is 2.83. The van der Waals surface area contributed by atoms with Crippen LogP contribution < -0.4 is 11.1 Å². The summed E-state index contributed by atoms with van der Waals surface area (Å²) >= 11 is 0. The van der Waals surface area contributed by atoms with Crippen molar-refractivity contribution in [2.75, 3.05) is 19.8 Å². The van der Waals surface area contributed by atoms with Crippen molar-refractivity contribution in [3.8, 4) is 0 Å². The zero-order valence-corrected chi connectivity index (χ0v) is 12.9. The Balaban J connectivity index is 2.78. The van der Waals surface area contributed by atoms with Gasteiger partial charge < -0.3 is 20.7 Å². The summed E-state index contributed by atoms with van der Waals surface area (Å²) < 4.78 is 5.34. The van der Waals surface area contributed by atoms with Crippen LogP contribution in [0.3, 0.4) is 0 Å². The smallest absolute Gasteiger partial charge is 0.245 e. The fourth-order valence-electron chi connectivity index (χ4n) is 2.15. The highest BCUT2D eigenvalue weighted by Gasteiger charge is 2.36. The monoisotopic (exact) mass is 285 g/mol. The molecule has 1 saturated heterocycles. The average Bonchev–Trinajstić information content (AvgIpc) is 2.44. The molecule has 20 heavy (non-hydrogen) atoms. The van der Waals surface area contributed by atoms with Crippen LogP contribution in [0.1, 0.15) is 34.1 Å². The molecular weight excluding hydrogens is 258 g/mol. The summed E-state index contributed by atoms with van der Waals surface area (Å²) in [6.07, 6.45) is 0.833. The van der Waals surface area contributed by atoms with Crippen LogP contribution in [0.15, 0.2) is 0 Å². The molecule has 0 spiro atoms. The Kier molecular flexibility index (Phi) is 6.42. The molecule has 0 aliphatic carbocycles. The highest BCUT2D eigenvalue weighted by atomic mass is 16.5. The van der Waals surface area contributed by atoms with E-state index >= 15 is 0 Å². The molecule has 1 aliphatic heterocycles. The second kappa shape index (κ2) is 7.59. The van der Waals surface area contributed by atoms with E-state index < -0.39 is 12.1 Å². The number of nitrogens with two attached hydrogens (primary N) is 1. The van der Waals surface area contributed by atoms with E-state index in [-0.39, 0.29) is 30.4 Å². The first kappa shape index (κ1) is 16.9. The summed E-state index contributed by atoms with van der Waals surface area (Å²) in [5.41, 5.74) is 6.00. The first-order valence-corrected chi connectivity index (χ1v) is 7.32. The van der Waals surface area contributed by atoms with E-state index in [0.717, 1.165) is 6.42 Å². The maximum Gasteiger partial charge on any atom is 0.245 e. The van der Waals surface area contributed by atoms with E-state index in [2.05, 4.69) is 5.32 Å². The molecule has 2 amide bonds. The molecule has 0 bridgehead atoms. The third-order valence-corrected chi connectivity index (χ3v) is 3.69. The van der Waals surface area contributed by atoms with Gasteiger partial charge in [0, 0.05) is 12.6 Å². The Bertz CT molecular complexity index is 347. The molecule has 3 atom stereocenters. The predicted molar refractivity (Wildman–Crippen MR) is 77.0 cm³/mol. The van der Waals surface area contributed by atoms with E-state index in [0.29, 0.717) is 13.2 Å². The second-order valence-corrected chi connectivity index (χ2v) is 5.70. The van der Waals surface area contributed by atoms with Crippen LogP contribution in [0.4, 0.5) is 0 Å². The number of carbonyl (C=O) groups excluding carboxylic acids is 2. The number of nitrogens with zero attached hydrogens (tertiary/aromatic N) is 1. The molecule has 0 radical (unpaired) electrons. The molecule has 1 aliphatic rings. The summed E-state index contributed by atoms with van der Waals surface area (Å²) in [5.74, 6) is -0.241. The summed E-state index contributed by atoms with van der Waals surface area (Å²) in [6.45, 7) is 8.82. The van der Waals surface area contributed by atoms with Gasteiger partial charge in [-0.15, -0.1) is 0 Å². The van der Waals surface area contributed by atoms with Crippen molar-refractivity contribution in [1.82, 2.24) is 10.2 Å². The molecule has 0 aromatic rings. The molecule has 0 saturated carbocycles. The fourth-order valence-corrected chi connectivity index (χ4v) is 2.15.